The minimum absolute atomic E-state index is 0.0819. The van der Waals surface area contributed by atoms with Crippen molar-refractivity contribution in [3.05, 3.63) is 58.5 Å². The van der Waals surface area contributed by atoms with Gasteiger partial charge in [-0.3, -0.25) is 33.6 Å². The molecule has 1 aromatic carbocycles. The van der Waals surface area contributed by atoms with Gasteiger partial charge in [-0.15, -0.1) is 0 Å². The molecule has 0 bridgehead atoms. The number of hydrogen-bond acceptors (Lipinski definition) is 10. The third kappa shape index (κ3) is 12.7. The van der Waals surface area contributed by atoms with Crippen molar-refractivity contribution in [1.82, 2.24) is 31.2 Å². The molecule has 0 unspecified atom stereocenters. The first-order valence-corrected chi connectivity index (χ1v) is 16.3. The highest BCUT2D eigenvalue weighted by Crippen LogP contribution is 2.34. The zero-order chi connectivity index (χ0) is 40.3. The normalized spacial score (nSPS) is 13.6. The van der Waals surface area contributed by atoms with Crippen molar-refractivity contribution in [2.75, 3.05) is 5.32 Å². The number of imidazole rings is 1. The zero-order valence-electron chi connectivity index (χ0n) is 29.0. The van der Waals surface area contributed by atoms with E-state index in [1.807, 2.05) is 0 Å². The van der Waals surface area contributed by atoms with Gasteiger partial charge >= 0.3 is 23.7 Å². The van der Waals surface area contributed by atoms with E-state index in [4.69, 9.17) is 4.42 Å². The van der Waals surface area contributed by atoms with Crippen LogP contribution < -0.4 is 32.2 Å². The summed E-state index contributed by atoms with van der Waals surface area (Å²) in [7, 11) is 0. The lowest BCUT2D eigenvalue weighted by Crippen LogP contribution is -2.58. The van der Waals surface area contributed by atoms with Crippen LogP contribution in [-0.2, 0) is 46.2 Å². The van der Waals surface area contributed by atoms with Crippen molar-refractivity contribution < 1.29 is 61.4 Å². The minimum atomic E-state index is -4.91. The van der Waals surface area contributed by atoms with E-state index < -0.39 is 113 Å². The molecular formula is C33H38F3N7O11. The van der Waals surface area contributed by atoms with Crippen LogP contribution in [0.2, 0.25) is 0 Å². The van der Waals surface area contributed by atoms with Gasteiger partial charge in [0.05, 0.1) is 18.3 Å². The topological polar surface area (TPSA) is 279 Å². The Morgan fingerprint density at radius 2 is 1.48 bits per heavy atom. The van der Waals surface area contributed by atoms with Gasteiger partial charge in [0.1, 0.15) is 29.8 Å². The molecule has 3 rings (SSSR count). The summed E-state index contributed by atoms with van der Waals surface area (Å²) in [4.78, 5) is 107. The number of nitrogens with zero attached hydrogens (tertiary/aromatic N) is 1. The van der Waals surface area contributed by atoms with E-state index in [0.29, 0.717) is 0 Å². The molecule has 292 valence electrons. The second-order valence-electron chi connectivity index (χ2n) is 12.6. The Bertz CT molecular complexity index is 1930. The average molecular weight is 766 g/mol. The van der Waals surface area contributed by atoms with E-state index in [-0.39, 0.29) is 36.2 Å². The molecule has 0 radical (unpaired) electrons. The standard InChI is InChI=1S/C33H38F3N7O11/c1-15(2)8-22(39-16(3)44)31(52)41-21(6-7-26(45)46)29(50)42-23(9-18-13-37-14-38-18)32(53)43-24(12-27(47)48)30(51)40-17-4-5-19-20(33(34,35)36)11-28(49)54-25(19)10-17/h4-5,10-11,13-15,21-24H,6-9,12H2,1-3H3,(H,37,38)(H,39,44)(H,40,51)(H,41,52)(H,42,50)(H,43,53)(H,45,46)(H,47,48)/t21-,22-,23+,24+/m1/s1. The third-order valence-electron chi connectivity index (χ3n) is 7.62. The smallest absolute Gasteiger partial charge is 0.417 e. The molecule has 2 aromatic heterocycles. The molecule has 21 heteroatoms. The molecule has 0 aliphatic rings. The molecule has 0 saturated carbocycles. The highest BCUT2D eigenvalue weighted by atomic mass is 19.4. The molecular weight excluding hydrogens is 727 g/mol. The number of carboxylic acid groups (broad SMARTS) is 2. The molecule has 0 aliphatic heterocycles. The Balaban J connectivity index is 1.88. The molecule has 0 aliphatic carbocycles. The number of anilines is 1. The number of benzene rings is 1. The molecule has 4 atom stereocenters. The lowest BCUT2D eigenvalue weighted by Gasteiger charge is -2.26. The second-order valence-corrected chi connectivity index (χ2v) is 12.6. The van der Waals surface area contributed by atoms with Crippen LogP contribution in [0, 0.1) is 5.92 Å². The summed E-state index contributed by atoms with van der Waals surface area (Å²) in [6.07, 6.45) is -4.58. The van der Waals surface area contributed by atoms with Gasteiger partial charge in [-0.2, -0.15) is 13.2 Å². The van der Waals surface area contributed by atoms with E-state index in [0.717, 1.165) is 18.2 Å². The second kappa shape index (κ2) is 18.5. The molecule has 0 fully saturated rings. The molecule has 2 heterocycles. The summed E-state index contributed by atoms with van der Waals surface area (Å²) in [5.41, 5.74) is -3.12. The number of fused-ring (bicyclic) bond motifs is 1. The predicted octanol–water partition coefficient (Wildman–Crippen LogP) is 1.06. The van der Waals surface area contributed by atoms with Crippen molar-refractivity contribution in [3.8, 4) is 0 Å². The van der Waals surface area contributed by atoms with E-state index in [1.54, 1.807) is 13.8 Å². The summed E-state index contributed by atoms with van der Waals surface area (Å²) < 4.78 is 45.3. The predicted molar refractivity (Wildman–Crippen MR) is 180 cm³/mol. The fourth-order valence-electron chi connectivity index (χ4n) is 5.22. The molecule has 8 N–H and O–H groups in total. The number of carbonyl (C=O) groups is 7. The van der Waals surface area contributed by atoms with Crippen LogP contribution in [0.4, 0.5) is 18.9 Å². The van der Waals surface area contributed by atoms with Gasteiger partial charge < -0.3 is 46.2 Å². The maximum atomic E-state index is 13.6. The number of alkyl halides is 3. The van der Waals surface area contributed by atoms with Crippen molar-refractivity contribution in [1.29, 1.82) is 0 Å². The first kappa shape index (κ1) is 42.1. The number of aromatic nitrogens is 2. The maximum Gasteiger partial charge on any atom is 0.417 e. The summed E-state index contributed by atoms with van der Waals surface area (Å²) in [6.45, 7) is 4.74. The van der Waals surface area contributed by atoms with Crippen molar-refractivity contribution >= 4 is 58.1 Å². The molecule has 54 heavy (non-hydrogen) atoms. The molecule has 18 nitrogen and oxygen atoms in total. The van der Waals surface area contributed by atoms with Gasteiger partial charge in [-0.25, -0.2) is 9.78 Å². The van der Waals surface area contributed by atoms with Gasteiger partial charge in [0.25, 0.3) is 0 Å². The molecule has 0 saturated heterocycles. The van der Waals surface area contributed by atoms with E-state index in [2.05, 4.69) is 36.6 Å². The number of aromatic amines is 1. The maximum absolute atomic E-state index is 13.6. The number of rotatable bonds is 18. The third-order valence-corrected chi connectivity index (χ3v) is 7.62. The summed E-state index contributed by atoms with van der Waals surface area (Å²) in [5.74, 6) is -7.61. The van der Waals surface area contributed by atoms with Crippen LogP contribution in [0.3, 0.4) is 0 Å². The van der Waals surface area contributed by atoms with E-state index in [9.17, 15) is 61.7 Å². The summed E-state index contributed by atoms with van der Waals surface area (Å²) >= 11 is 0. The number of halogens is 3. The Hall–Kier alpha value is -6.28. The number of aliphatic carboxylic acids is 2. The average Bonchev–Trinajstić information content (AvgIpc) is 3.57. The van der Waals surface area contributed by atoms with Gasteiger partial charge in [0.2, 0.25) is 29.5 Å². The summed E-state index contributed by atoms with van der Waals surface area (Å²) in [6, 6.07) is -2.98. The summed E-state index contributed by atoms with van der Waals surface area (Å²) in [5, 5.41) is 30.0. The Morgan fingerprint density at radius 3 is 2.06 bits per heavy atom. The highest BCUT2D eigenvalue weighted by Gasteiger charge is 2.35. The molecule has 3 aromatic rings. The van der Waals surface area contributed by atoms with Crippen LogP contribution in [0.15, 0.2) is 46.0 Å². The monoisotopic (exact) mass is 765 g/mol. The Labute approximate surface area is 303 Å². The number of hydrogen-bond donors (Lipinski definition) is 8. The fourth-order valence-corrected chi connectivity index (χ4v) is 5.22. The van der Waals surface area contributed by atoms with E-state index in [1.165, 1.54) is 19.4 Å². The Morgan fingerprint density at radius 1 is 0.852 bits per heavy atom. The highest BCUT2D eigenvalue weighted by molar-refractivity contribution is 6.01. The van der Waals surface area contributed by atoms with Crippen LogP contribution in [0.5, 0.6) is 0 Å². The quantitative estimate of drug-likeness (QED) is 0.0845. The van der Waals surface area contributed by atoms with Crippen LogP contribution in [-0.4, -0.2) is 85.8 Å². The van der Waals surface area contributed by atoms with Gasteiger partial charge in [-0.1, -0.05) is 13.8 Å². The first-order valence-electron chi connectivity index (χ1n) is 16.3. The number of amides is 5. The lowest BCUT2D eigenvalue weighted by molar-refractivity contribution is -0.140. The van der Waals surface area contributed by atoms with Gasteiger partial charge in [0, 0.05) is 54.9 Å². The van der Waals surface area contributed by atoms with Crippen LogP contribution >= 0.6 is 0 Å². The molecule has 5 amide bonds. The van der Waals surface area contributed by atoms with E-state index >= 15 is 0 Å². The van der Waals surface area contributed by atoms with Crippen molar-refractivity contribution in [3.63, 3.8) is 0 Å². The SMILES string of the molecule is CC(=O)N[C@H](CC(C)C)C(=O)N[C@H](CCC(=O)O)C(=O)N[C@@H](Cc1cnc[nH]1)C(=O)N[C@@H](CC(=O)O)C(=O)Nc1ccc2c(C(F)(F)F)cc(=O)oc2c1. The van der Waals surface area contributed by atoms with Crippen molar-refractivity contribution in [2.45, 2.75) is 83.2 Å². The number of nitrogens with one attached hydrogen (secondary N) is 6. The number of carbonyl (C=O) groups excluding carboxylic acids is 5. The first-order chi connectivity index (χ1) is 25.2. The van der Waals surface area contributed by atoms with Crippen LogP contribution in [0.1, 0.15) is 57.7 Å². The van der Waals surface area contributed by atoms with Gasteiger partial charge in [0.15, 0.2) is 0 Å². The molecule has 0 spiro atoms. The lowest BCUT2D eigenvalue weighted by atomic mass is 10.0. The van der Waals surface area contributed by atoms with Crippen molar-refractivity contribution in [2.24, 2.45) is 5.92 Å². The largest absolute Gasteiger partial charge is 0.481 e. The Kier molecular flexibility index (Phi) is 14.4. The fraction of sp³-hybridized carbons (Fsp3) is 0.424. The van der Waals surface area contributed by atoms with Crippen LogP contribution in [0.25, 0.3) is 11.0 Å². The zero-order valence-corrected chi connectivity index (χ0v) is 29.0. The van der Waals surface area contributed by atoms with Gasteiger partial charge in [-0.05, 0) is 30.9 Å². The number of H-pyrrole nitrogens is 1. The minimum Gasteiger partial charge on any atom is -0.481 e. The number of carboxylic acids is 2.